The van der Waals surface area contributed by atoms with Gasteiger partial charge in [0.25, 0.3) is 0 Å². The molecule has 1 atom stereocenters. The predicted octanol–water partition coefficient (Wildman–Crippen LogP) is 2.37. The summed E-state index contributed by atoms with van der Waals surface area (Å²) < 4.78 is 0. The Kier molecular flexibility index (Phi) is 2.24. The first kappa shape index (κ1) is 10.1. The summed E-state index contributed by atoms with van der Waals surface area (Å²) in [4.78, 5) is 23.1. The summed E-state index contributed by atoms with van der Waals surface area (Å²) in [6.45, 7) is 0. The Morgan fingerprint density at radius 2 is 2.00 bits per heavy atom. The van der Waals surface area contributed by atoms with Gasteiger partial charge in [-0.25, -0.2) is 0 Å². The second kappa shape index (κ2) is 3.31. The first-order chi connectivity index (χ1) is 6.77. The van der Waals surface area contributed by atoms with E-state index < -0.39 is 0 Å². The molecule has 1 unspecified atom stereocenters. The van der Waals surface area contributed by atoms with Crippen LogP contribution in [0.25, 0.3) is 6.08 Å². The lowest BCUT2D eigenvalue weighted by molar-refractivity contribution is -0.118. The van der Waals surface area contributed by atoms with Crippen molar-refractivity contribution in [3.63, 3.8) is 0 Å². The molecule has 2 nitrogen and oxygen atoms in total. The fourth-order valence-electron chi connectivity index (χ4n) is 2.25. The number of ketones is 2. The van der Waals surface area contributed by atoms with Crippen molar-refractivity contribution in [3.8, 4) is 0 Å². The van der Waals surface area contributed by atoms with E-state index in [9.17, 15) is 9.59 Å². The van der Waals surface area contributed by atoms with Gasteiger partial charge in [-0.1, -0.05) is 30.4 Å². The molecule has 1 aromatic carbocycles. The van der Waals surface area contributed by atoms with Crippen molar-refractivity contribution in [1.29, 1.82) is 0 Å². The Hall–Kier alpha value is -1.41. The average molecular weight is 221 g/mol. The van der Waals surface area contributed by atoms with Crippen LogP contribution in [-0.2, 0) is 4.79 Å². The molecule has 3 rings (SSSR count). The van der Waals surface area contributed by atoms with Crippen LogP contribution in [0.5, 0.6) is 0 Å². The fourth-order valence-corrected chi connectivity index (χ4v) is 2.25. The highest BCUT2D eigenvalue weighted by Gasteiger charge is 2.34. The standard InChI is InChI=1S/C12H8O2.ClH/c13-10-6-11(14)9-5-4-7-2-1-3-8(10)12(7)9;/h1-5,9H,6H2;1H. The average Bonchev–Trinajstić information content (AvgIpc) is 2.59. The van der Waals surface area contributed by atoms with Gasteiger partial charge in [0.05, 0.1) is 12.3 Å². The molecule has 0 saturated carbocycles. The van der Waals surface area contributed by atoms with E-state index in [0.29, 0.717) is 0 Å². The zero-order valence-electron chi connectivity index (χ0n) is 7.90. The lowest BCUT2D eigenvalue weighted by Gasteiger charge is -2.18. The predicted molar refractivity (Wildman–Crippen MR) is 59.4 cm³/mol. The van der Waals surface area contributed by atoms with Gasteiger partial charge < -0.3 is 0 Å². The Morgan fingerprint density at radius 1 is 1.20 bits per heavy atom. The quantitative estimate of drug-likeness (QED) is 0.629. The SMILES string of the molecule is Cl.O=C1CC(=O)C2C=Cc3cccc1c32. The zero-order valence-corrected chi connectivity index (χ0v) is 8.71. The number of allylic oxidation sites excluding steroid dienone is 1. The third kappa shape index (κ3) is 1.25. The smallest absolute Gasteiger partial charge is 0.170 e. The maximum Gasteiger partial charge on any atom is 0.170 e. The van der Waals surface area contributed by atoms with E-state index in [4.69, 9.17) is 0 Å². The van der Waals surface area contributed by atoms with Crippen LogP contribution in [0.1, 0.15) is 33.8 Å². The Labute approximate surface area is 93.4 Å². The first-order valence-electron chi connectivity index (χ1n) is 4.64. The van der Waals surface area contributed by atoms with Crippen LogP contribution in [0.2, 0.25) is 0 Å². The minimum absolute atomic E-state index is 0. The van der Waals surface area contributed by atoms with Crippen LogP contribution < -0.4 is 0 Å². The molecule has 2 aliphatic carbocycles. The van der Waals surface area contributed by atoms with Crippen molar-refractivity contribution in [2.75, 3.05) is 0 Å². The van der Waals surface area contributed by atoms with E-state index in [2.05, 4.69) is 0 Å². The molecule has 0 radical (unpaired) electrons. The van der Waals surface area contributed by atoms with Gasteiger partial charge in [0.1, 0.15) is 0 Å². The summed E-state index contributed by atoms with van der Waals surface area (Å²) >= 11 is 0. The Morgan fingerprint density at radius 3 is 2.80 bits per heavy atom. The maximum absolute atomic E-state index is 11.6. The molecule has 15 heavy (non-hydrogen) atoms. The largest absolute Gasteiger partial charge is 0.298 e. The Balaban J connectivity index is 0.000000853. The van der Waals surface area contributed by atoms with Gasteiger partial charge in [-0.3, -0.25) is 9.59 Å². The molecule has 0 spiro atoms. The number of carbonyl (C=O) groups excluding carboxylic acids is 2. The molecule has 0 aliphatic heterocycles. The van der Waals surface area contributed by atoms with Crippen molar-refractivity contribution >= 4 is 30.0 Å². The normalized spacial score (nSPS) is 21.2. The minimum Gasteiger partial charge on any atom is -0.298 e. The van der Waals surface area contributed by atoms with Crippen LogP contribution in [0.4, 0.5) is 0 Å². The number of hydrogen-bond acceptors (Lipinski definition) is 2. The van der Waals surface area contributed by atoms with Gasteiger partial charge in [-0.05, 0) is 11.1 Å². The molecule has 0 aromatic heterocycles. The van der Waals surface area contributed by atoms with Crippen molar-refractivity contribution in [2.24, 2.45) is 0 Å². The zero-order chi connectivity index (χ0) is 9.71. The number of benzene rings is 1. The minimum atomic E-state index is -0.154. The number of halogens is 1. The van der Waals surface area contributed by atoms with Gasteiger partial charge in [0, 0.05) is 5.56 Å². The molecule has 76 valence electrons. The van der Waals surface area contributed by atoms with E-state index in [1.807, 2.05) is 30.4 Å². The molecular formula is C12H9ClO2. The molecule has 0 amide bonds. The van der Waals surface area contributed by atoms with Crippen molar-refractivity contribution in [3.05, 3.63) is 41.0 Å². The van der Waals surface area contributed by atoms with Crippen molar-refractivity contribution in [2.45, 2.75) is 12.3 Å². The highest BCUT2D eigenvalue weighted by molar-refractivity contribution is 6.16. The summed E-state index contributed by atoms with van der Waals surface area (Å²) in [6, 6.07) is 5.63. The van der Waals surface area contributed by atoms with E-state index in [0.717, 1.165) is 16.7 Å². The second-order valence-electron chi connectivity index (χ2n) is 3.71. The molecule has 3 heteroatoms. The molecule has 0 fully saturated rings. The number of Topliss-reactive ketones (excluding diaryl/α,β-unsaturated/α-hetero) is 2. The lowest BCUT2D eigenvalue weighted by Crippen LogP contribution is -2.22. The van der Waals surface area contributed by atoms with E-state index in [-0.39, 0.29) is 36.3 Å². The summed E-state index contributed by atoms with van der Waals surface area (Å²) in [5, 5.41) is 0. The maximum atomic E-state index is 11.6. The number of carbonyl (C=O) groups is 2. The second-order valence-corrected chi connectivity index (χ2v) is 3.71. The van der Waals surface area contributed by atoms with Crippen LogP contribution in [-0.4, -0.2) is 11.6 Å². The van der Waals surface area contributed by atoms with Crippen LogP contribution in [0, 0.1) is 0 Å². The van der Waals surface area contributed by atoms with Gasteiger partial charge in [-0.15, -0.1) is 12.4 Å². The van der Waals surface area contributed by atoms with Gasteiger partial charge >= 0.3 is 0 Å². The van der Waals surface area contributed by atoms with Gasteiger partial charge in [-0.2, -0.15) is 0 Å². The number of rotatable bonds is 0. The van der Waals surface area contributed by atoms with Crippen LogP contribution >= 0.6 is 12.4 Å². The van der Waals surface area contributed by atoms with E-state index in [1.165, 1.54) is 0 Å². The topological polar surface area (TPSA) is 34.1 Å². The van der Waals surface area contributed by atoms with Gasteiger partial charge in [0.15, 0.2) is 11.6 Å². The van der Waals surface area contributed by atoms with Crippen LogP contribution in [0.3, 0.4) is 0 Å². The van der Waals surface area contributed by atoms with Crippen LogP contribution in [0.15, 0.2) is 24.3 Å². The third-order valence-corrected chi connectivity index (χ3v) is 2.90. The molecule has 2 aliphatic rings. The molecule has 1 aromatic rings. The van der Waals surface area contributed by atoms with Crippen molar-refractivity contribution in [1.82, 2.24) is 0 Å². The lowest BCUT2D eigenvalue weighted by atomic mass is 9.82. The molecule has 0 saturated heterocycles. The molecule has 0 heterocycles. The summed E-state index contributed by atoms with van der Waals surface area (Å²) in [5.74, 6) is -0.158. The highest BCUT2D eigenvalue weighted by atomic mass is 35.5. The number of hydrogen-bond donors (Lipinski definition) is 0. The van der Waals surface area contributed by atoms with Gasteiger partial charge in [0.2, 0.25) is 0 Å². The summed E-state index contributed by atoms with van der Waals surface area (Å²) in [7, 11) is 0. The molecule has 0 N–H and O–H groups in total. The fraction of sp³-hybridized carbons (Fsp3) is 0.167. The monoisotopic (exact) mass is 220 g/mol. The Bertz CT molecular complexity index is 488. The van der Waals surface area contributed by atoms with Crippen molar-refractivity contribution < 1.29 is 9.59 Å². The molecule has 0 bridgehead atoms. The highest BCUT2D eigenvalue weighted by Crippen LogP contribution is 2.37. The summed E-state index contributed by atoms with van der Waals surface area (Å²) in [5.41, 5.74) is 2.68. The van der Waals surface area contributed by atoms with E-state index >= 15 is 0 Å². The third-order valence-electron chi connectivity index (χ3n) is 2.90. The molecular weight excluding hydrogens is 212 g/mol. The summed E-state index contributed by atoms with van der Waals surface area (Å²) in [6.07, 6.45) is 3.88. The first-order valence-corrected chi connectivity index (χ1v) is 4.64. The van der Waals surface area contributed by atoms with E-state index in [1.54, 1.807) is 0 Å².